The van der Waals surface area contributed by atoms with Crippen LogP contribution in [0.1, 0.15) is 11.4 Å². The van der Waals surface area contributed by atoms with E-state index in [0.717, 1.165) is 6.54 Å². The number of ether oxygens (including phenoxy) is 1. The third-order valence-corrected chi connectivity index (χ3v) is 2.93. The Labute approximate surface area is 121 Å². The molecule has 1 heterocycles. The molecule has 0 atom stereocenters. The topological polar surface area (TPSA) is 52.0 Å². The summed E-state index contributed by atoms with van der Waals surface area (Å²) in [7, 11) is 1.65. The molecular formula is C13H16ClFN4O. The zero-order valence-corrected chi connectivity index (χ0v) is 11.9. The summed E-state index contributed by atoms with van der Waals surface area (Å²) in [6.45, 7) is 2.22. The standard InChI is InChI=1S/C13H16ClFN4O/c1-20-5-4-16-7-13-17-9-19(18-13)8-10-6-11(14)2-3-12(10)15/h2-3,6,9,16H,4-5,7-8H2,1H3. The number of hydrogen-bond acceptors (Lipinski definition) is 4. The number of halogens is 2. The zero-order valence-electron chi connectivity index (χ0n) is 11.1. The van der Waals surface area contributed by atoms with Crippen molar-refractivity contribution in [1.29, 1.82) is 0 Å². The van der Waals surface area contributed by atoms with E-state index in [-0.39, 0.29) is 5.82 Å². The summed E-state index contributed by atoms with van der Waals surface area (Å²) in [6.07, 6.45) is 1.58. The lowest BCUT2D eigenvalue weighted by molar-refractivity contribution is 0.199. The number of benzene rings is 1. The van der Waals surface area contributed by atoms with E-state index in [0.29, 0.717) is 36.1 Å². The number of rotatable bonds is 7. The molecule has 0 amide bonds. The number of hydrogen-bond donors (Lipinski definition) is 1. The molecule has 0 unspecified atom stereocenters. The second-order valence-corrected chi connectivity index (χ2v) is 4.70. The van der Waals surface area contributed by atoms with Crippen LogP contribution in [0.15, 0.2) is 24.5 Å². The van der Waals surface area contributed by atoms with Gasteiger partial charge in [0, 0.05) is 24.2 Å². The van der Waals surface area contributed by atoms with E-state index in [9.17, 15) is 4.39 Å². The van der Waals surface area contributed by atoms with Crippen LogP contribution in [0.4, 0.5) is 4.39 Å². The largest absolute Gasteiger partial charge is 0.383 e. The smallest absolute Gasteiger partial charge is 0.164 e. The zero-order chi connectivity index (χ0) is 14.4. The summed E-state index contributed by atoms with van der Waals surface area (Å²) < 4.78 is 20.1. The van der Waals surface area contributed by atoms with E-state index >= 15 is 0 Å². The molecule has 1 aromatic carbocycles. The van der Waals surface area contributed by atoms with Crippen molar-refractivity contribution in [3.8, 4) is 0 Å². The van der Waals surface area contributed by atoms with E-state index in [1.165, 1.54) is 12.1 Å². The molecule has 0 aliphatic rings. The van der Waals surface area contributed by atoms with Crippen molar-refractivity contribution < 1.29 is 9.13 Å². The lowest BCUT2D eigenvalue weighted by atomic mass is 10.2. The fourth-order valence-electron chi connectivity index (χ4n) is 1.70. The second-order valence-electron chi connectivity index (χ2n) is 4.26. The highest BCUT2D eigenvalue weighted by molar-refractivity contribution is 6.30. The van der Waals surface area contributed by atoms with Crippen LogP contribution < -0.4 is 5.32 Å². The minimum absolute atomic E-state index is 0.301. The Morgan fingerprint density at radius 3 is 3.10 bits per heavy atom. The number of methoxy groups -OCH3 is 1. The van der Waals surface area contributed by atoms with Gasteiger partial charge in [-0.15, -0.1) is 0 Å². The molecule has 0 aliphatic heterocycles. The van der Waals surface area contributed by atoms with Gasteiger partial charge in [0.05, 0.1) is 19.7 Å². The fourth-order valence-corrected chi connectivity index (χ4v) is 1.90. The molecule has 0 saturated heterocycles. The van der Waals surface area contributed by atoms with Crippen molar-refractivity contribution in [3.63, 3.8) is 0 Å². The SMILES string of the molecule is COCCNCc1ncn(Cc2cc(Cl)ccc2F)n1. The van der Waals surface area contributed by atoms with Gasteiger partial charge in [0.15, 0.2) is 5.82 Å². The first-order chi connectivity index (χ1) is 9.69. The highest BCUT2D eigenvalue weighted by Crippen LogP contribution is 2.15. The van der Waals surface area contributed by atoms with Crippen LogP contribution >= 0.6 is 11.6 Å². The van der Waals surface area contributed by atoms with Gasteiger partial charge in [0.2, 0.25) is 0 Å². The van der Waals surface area contributed by atoms with Gasteiger partial charge in [-0.1, -0.05) is 11.6 Å². The highest BCUT2D eigenvalue weighted by atomic mass is 35.5. The molecule has 0 aliphatic carbocycles. The molecule has 0 radical (unpaired) electrons. The van der Waals surface area contributed by atoms with Crippen LogP contribution in [0.25, 0.3) is 0 Å². The van der Waals surface area contributed by atoms with Crippen molar-refractivity contribution in [2.24, 2.45) is 0 Å². The van der Waals surface area contributed by atoms with Crippen LogP contribution in [-0.2, 0) is 17.8 Å². The van der Waals surface area contributed by atoms with Crippen molar-refractivity contribution >= 4 is 11.6 Å². The third-order valence-electron chi connectivity index (χ3n) is 2.69. The number of nitrogens with zero attached hydrogens (tertiary/aromatic N) is 3. The van der Waals surface area contributed by atoms with Crippen molar-refractivity contribution in [2.45, 2.75) is 13.1 Å². The molecule has 108 valence electrons. The first kappa shape index (κ1) is 14.9. The Hall–Kier alpha value is -1.50. The van der Waals surface area contributed by atoms with Gasteiger partial charge >= 0.3 is 0 Å². The summed E-state index contributed by atoms with van der Waals surface area (Å²) >= 11 is 5.85. The van der Waals surface area contributed by atoms with Crippen molar-refractivity contribution in [2.75, 3.05) is 20.3 Å². The van der Waals surface area contributed by atoms with Crippen LogP contribution in [0, 0.1) is 5.82 Å². The van der Waals surface area contributed by atoms with Gasteiger partial charge in [0.1, 0.15) is 12.1 Å². The first-order valence-electron chi connectivity index (χ1n) is 6.21. The van der Waals surface area contributed by atoms with Gasteiger partial charge in [-0.2, -0.15) is 5.10 Å². The molecule has 1 aromatic heterocycles. The third kappa shape index (κ3) is 4.26. The minimum Gasteiger partial charge on any atom is -0.383 e. The number of aromatic nitrogens is 3. The summed E-state index contributed by atoms with van der Waals surface area (Å²) in [6, 6.07) is 4.46. The summed E-state index contributed by atoms with van der Waals surface area (Å²) in [5.74, 6) is 0.355. The lowest BCUT2D eigenvalue weighted by Crippen LogP contribution is -2.19. The average Bonchev–Trinajstić information content (AvgIpc) is 2.87. The molecule has 0 fully saturated rings. The maximum Gasteiger partial charge on any atom is 0.164 e. The maximum atomic E-state index is 13.6. The Bertz CT molecular complexity index is 561. The molecule has 0 spiro atoms. The summed E-state index contributed by atoms with van der Waals surface area (Å²) in [5.41, 5.74) is 0.487. The Morgan fingerprint density at radius 1 is 1.45 bits per heavy atom. The molecular weight excluding hydrogens is 283 g/mol. The molecule has 1 N–H and O–H groups in total. The Kier molecular flexibility index (Phi) is 5.46. The first-order valence-corrected chi connectivity index (χ1v) is 6.58. The predicted octanol–water partition coefficient (Wildman–Crippen LogP) is 1.85. The molecule has 2 rings (SSSR count). The maximum absolute atomic E-state index is 13.6. The second kappa shape index (κ2) is 7.33. The van der Waals surface area contributed by atoms with Gasteiger partial charge in [-0.05, 0) is 18.2 Å². The van der Waals surface area contributed by atoms with E-state index in [1.807, 2.05) is 0 Å². The molecule has 0 bridgehead atoms. The van der Waals surface area contributed by atoms with Crippen molar-refractivity contribution in [3.05, 3.63) is 46.8 Å². The molecule has 5 nitrogen and oxygen atoms in total. The fraction of sp³-hybridized carbons (Fsp3) is 0.385. The van der Waals surface area contributed by atoms with E-state index < -0.39 is 0 Å². The minimum atomic E-state index is -0.301. The van der Waals surface area contributed by atoms with E-state index in [2.05, 4.69) is 15.4 Å². The molecule has 7 heteroatoms. The highest BCUT2D eigenvalue weighted by Gasteiger charge is 2.06. The van der Waals surface area contributed by atoms with Gasteiger partial charge < -0.3 is 10.1 Å². The van der Waals surface area contributed by atoms with Crippen LogP contribution in [0.2, 0.25) is 5.02 Å². The molecule has 2 aromatic rings. The Balaban J connectivity index is 1.93. The lowest BCUT2D eigenvalue weighted by Gasteiger charge is -2.03. The Morgan fingerprint density at radius 2 is 2.30 bits per heavy atom. The molecule has 0 saturated carbocycles. The van der Waals surface area contributed by atoms with Gasteiger partial charge in [-0.25, -0.2) is 14.1 Å². The monoisotopic (exact) mass is 298 g/mol. The van der Waals surface area contributed by atoms with Crippen molar-refractivity contribution in [1.82, 2.24) is 20.1 Å². The van der Waals surface area contributed by atoms with E-state index in [4.69, 9.17) is 16.3 Å². The van der Waals surface area contributed by atoms with Crippen LogP contribution in [-0.4, -0.2) is 35.0 Å². The van der Waals surface area contributed by atoms with Gasteiger partial charge in [0.25, 0.3) is 0 Å². The summed E-state index contributed by atoms with van der Waals surface area (Å²) in [4.78, 5) is 4.16. The van der Waals surface area contributed by atoms with E-state index in [1.54, 1.807) is 24.2 Å². The quantitative estimate of drug-likeness (QED) is 0.793. The van der Waals surface area contributed by atoms with Crippen LogP contribution in [0.5, 0.6) is 0 Å². The molecule has 20 heavy (non-hydrogen) atoms. The predicted molar refractivity (Wildman–Crippen MR) is 74.1 cm³/mol. The van der Waals surface area contributed by atoms with Crippen LogP contribution in [0.3, 0.4) is 0 Å². The summed E-state index contributed by atoms with van der Waals surface area (Å²) in [5, 5.41) is 7.91. The number of nitrogens with one attached hydrogen (secondary N) is 1. The normalized spacial score (nSPS) is 10.9. The van der Waals surface area contributed by atoms with Gasteiger partial charge in [-0.3, -0.25) is 0 Å². The average molecular weight is 299 g/mol.